The van der Waals surface area contributed by atoms with Crippen LogP contribution < -0.4 is 4.74 Å². The zero-order valence-electron chi connectivity index (χ0n) is 22.1. The van der Waals surface area contributed by atoms with Gasteiger partial charge in [0.2, 0.25) is 0 Å². The predicted octanol–water partition coefficient (Wildman–Crippen LogP) is 7.11. The first-order valence-electron chi connectivity index (χ1n) is 12.2. The summed E-state index contributed by atoms with van der Waals surface area (Å²) < 4.78 is 154. The SMILES string of the molecule is CC1(c2ccc([S+](c3ccccc3)c3ccc(OC(C(F)(F)F)C(F)(F)S(=O)(=O)O)cc3)cc2)OCC(C)(C(F)(F)F)O1. The van der Waals surface area contributed by atoms with Gasteiger partial charge in [0.05, 0.1) is 17.5 Å². The smallest absolute Gasteiger partial charge is 0.432 e. The molecule has 6 nitrogen and oxygen atoms in total. The maximum Gasteiger partial charge on any atom is 0.432 e. The Morgan fingerprint density at radius 3 is 1.74 bits per heavy atom. The average molecular weight is 660 g/mol. The molecular weight excluding hydrogens is 636 g/mol. The molecule has 1 saturated heterocycles. The summed E-state index contributed by atoms with van der Waals surface area (Å²) in [6.45, 7) is 1.52. The van der Waals surface area contributed by atoms with Gasteiger partial charge in [0, 0.05) is 5.56 Å². The van der Waals surface area contributed by atoms with Crippen LogP contribution in [0.4, 0.5) is 35.1 Å². The number of hydrogen-bond donors (Lipinski definition) is 1. The van der Waals surface area contributed by atoms with Gasteiger partial charge in [0.15, 0.2) is 26.1 Å². The van der Waals surface area contributed by atoms with Crippen LogP contribution in [0.1, 0.15) is 19.4 Å². The van der Waals surface area contributed by atoms with E-state index in [1.54, 1.807) is 42.5 Å². The number of rotatable bonds is 8. The monoisotopic (exact) mass is 659 g/mol. The number of halogens is 8. The summed E-state index contributed by atoms with van der Waals surface area (Å²) in [5.41, 5.74) is -2.22. The molecular formula is C27H23F8O6S2+. The minimum Gasteiger partial charge on any atom is -0.473 e. The molecule has 43 heavy (non-hydrogen) atoms. The quantitative estimate of drug-likeness (QED) is 0.158. The Balaban J connectivity index is 1.66. The van der Waals surface area contributed by atoms with Gasteiger partial charge < -0.3 is 14.2 Å². The van der Waals surface area contributed by atoms with E-state index in [9.17, 15) is 43.5 Å². The molecule has 1 heterocycles. The molecule has 234 valence electrons. The minimum atomic E-state index is -6.48. The van der Waals surface area contributed by atoms with Crippen molar-refractivity contribution in [1.82, 2.24) is 0 Å². The number of ether oxygens (including phenoxy) is 3. The highest BCUT2D eigenvalue weighted by atomic mass is 32.2. The fourth-order valence-electron chi connectivity index (χ4n) is 4.16. The van der Waals surface area contributed by atoms with Crippen LogP contribution in [0.3, 0.4) is 0 Å². The maximum absolute atomic E-state index is 13.9. The van der Waals surface area contributed by atoms with E-state index in [1.165, 1.54) is 31.2 Å². The molecule has 4 unspecified atom stereocenters. The third-order valence-corrected chi connectivity index (χ3v) is 9.63. The maximum atomic E-state index is 13.9. The third-order valence-electron chi connectivity index (χ3n) is 6.50. The first-order chi connectivity index (χ1) is 19.7. The molecule has 16 heteroatoms. The summed E-state index contributed by atoms with van der Waals surface area (Å²) in [6, 6.07) is 19.4. The Labute approximate surface area is 243 Å². The summed E-state index contributed by atoms with van der Waals surface area (Å²) in [4.78, 5) is 1.81. The molecule has 0 saturated carbocycles. The lowest BCUT2D eigenvalue weighted by molar-refractivity contribution is -0.283. The van der Waals surface area contributed by atoms with Crippen LogP contribution in [0.15, 0.2) is 93.5 Å². The molecule has 1 aliphatic rings. The van der Waals surface area contributed by atoms with E-state index in [0.717, 1.165) is 24.0 Å². The van der Waals surface area contributed by atoms with Crippen LogP contribution in [0.2, 0.25) is 0 Å². The summed E-state index contributed by atoms with van der Waals surface area (Å²) >= 11 is 0. The molecule has 1 N–H and O–H groups in total. The van der Waals surface area contributed by atoms with Crippen LogP contribution in [-0.4, -0.2) is 48.9 Å². The third kappa shape index (κ3) is 6.62. The molecule has 0 spiro atoms. The van der Waals surface area contributed by atoms with E-state index in [4.69, 9.17) is 14.0 Å². The van der Waals surface area contributed by atoms with Gasteiger partial charge in [-0.1, -0.05) is 18.2 Å². The van der Waals surface area contributed by atoms with Crippen molar-refractivity contribution in [2.24, 2.45) is 0 Å². The molecule has 1 aliphatic heterocycles. The Morgan fingerprint density at radius 2 is 1.30 bits per heavy atom. The molecule has 0 aromatic heterocycles. The summed E-state index contributed by atoms with van der Waals surface area (Å²) in [5.74, 6) is -2.45. The van der Waals surface area contributed by atoms with E-state index < -0.39 is 68.5 Å². The van der Waals surface area contributed by atoms with Crippen molar-refractivity contribution < 1.29 is 62.3 Å². The van der Waals surface area contributed by atoms with Gasteiger partial charge in [-0.3, -0.25) is 4.55 Å². The van der Waals surface area contributed by atoms with Crippen LogP contribution in [0, 0.1) is 0 Å². The fraction of sp³-hybridized carbons (Fsp3) is 0.333. The number of alkyl halides is 8. The second-order valence-electron chi connectivity index (χ2n) is 9.76. The lowest BCUT2D eigenvalue weighted by atomic mass is 10.1. The lowest BCUT2D eigenvalue weighted by Gasteiger charge is -2.29. The summed E-state index contributed by atoms with van der Waals surface area (Å²) in [5, 5.41) is -5.69. The number of benzene rings is 3. The van der Waals surface area contributed by atoms with Crippen LogP contribution in [0.5, 0.6) is 5.75 Å². The van der Waals surface area contributed by atoms with Gasteiger partial charge in [-0.15, -0.1) is 0 Å². The second-order valence-corrected chi connectivity index (χ2v) is 13.3. The molecule has 0 bridgehead atoms. The van der Waals surface area contributed by atoms with Gasteiger partial charge in [0.1, 0.15) is 5.75 Å². The highest BCUT2D eigenvalue weighted by Gasteiger charge is 2.65. The van der Waals surface area contributed by atoms with Crippen LogP contribution in [0.25, 0.3) is 0 Å². The Bertz CT molecular complexity index is 1530. The average Bonchev–Trinajstić information content (AvgIpc) is 3.25. The number of hydrogen-bond acceptors (Lipinski definition) is 5. The van der Waals surface area contributed by atoms with Crippen molar-refractivity contribution in [3.8, 4) is 5.75 Å². The van der Waals surface area contributed by atoms with E-state index in [0.29, 0.717) is 15.4 Å². The standard InChI is InChI=1S/C27H22F8O6S2/c1-23(27(33,34)35)16-39-24(2,41-23)17-8-12-20(13-9-17)42(19-6-4-3-5-7-19)21-14-10-18(11-15-21)40-22(25(28,29)30)26(31,32)43(36,37)38/h3-15,22H,16H2,1-2H3/p+1. The van der Waals surface area contributed by atoms with Gasteiger partial charge in [-0.2, -0.15) is 43.5 Å². The molecule has 4 atom stereocenters. The lowest BCUT2D eigenvalue weighted by Crippen LogP contribution is -2.53. The first kappa shape index (κ1) is 33.0. The molecule has 4 rings (SSSR count). The summed E-state index contributed by atoms with van der Waals surface area (Å²) in [6.07, 6.45) is -14.7. The highest BCUT2D eigenvalue weighted by molar-refractivity contribution is 7.97. The molecule has 3 aromatic rings. The van der Waals surface area contributed by atoms with Crippen molar-refractivity contribution in [2.45, 2.75) is 63.6 Å². The largest absolute Gasteiger partial charge is 0.473 e. The molecule has 0 aliphatic carbocycles. The van der Waals surface area contributed by atoms with Crippen molar-refractivity contribution in [3.63, 3.8) is 0 Å². The Hall–Kier alpha value is -2.92. The molecule has 1 fully saturated rings. The topological polar surface area (TPSA) is 82.1 Å². The zero-order chi connectivity index (χ0) is 32.1. The fourth-order valence-corrected chi connectivity index (χ4v) is 6.67. The van der Waals surface area contributed by atoms with Gasteiger partial charge in [0.25, 0.3) is 6.10 Å². The summed E-state index contributed by atoms with van der Waals surface area (Å²) in [7, 11) is -7.44. The zero-order valence-corrected chi connectivity index (χ0v) is 23.8. The van der Waals surface area contributed by atoms with Crippen molar-refractivity contribution in [1.29, 1.82) is 0 Å². The van der Waals surface area contributed by atoms with Crippen LogP contribution >= 0.6 is 0 Å². The Kier molecular flexibility index (Phi) is 8.60. The van der Waals surface area contributed by atoms with E-state index in [-0.39, 0.29) is 0 Å². The van der Waals surface area contributed by atoms with Gasteiger partial charge >= 0.3 is 27.7 Å². The molecule has 0 radical (unpaired) electrons. The van der Waals surface area contributed by atoms with E-state index in [2.05, 4.69) is 4.74 Å². The minimum absolute atomic E-state index is 0.294. The second kappa shape index (κ2) is 11.2. The van der Waals surface area contributed by atoms with E-state index in [1.807, 2.05) is 0 Å². The first-order valence-corrected chi connectivity index (χ1v) is 14.8. The van der Waals surface area contributed by atoms with E-state index >= 15 is 0 Å². The van der Waals surface area contributed by atoms with Gasteiger partial charge in [-0.05, 0) is 74.5 Å². The van der Waals surface area contributed by atoms with Crippen molar-refractivity contribution in [2.75, 3.05) is 6.61 Å². The highest BCUT2D eigenvalue weighted by Crippen LogP contribution is 2.47. The normalized spacial score (nSPS) is 23.1. The van der Waals surface area contributed by atoms with Crippen molar-refractivity contribution in [3.05, 3.63) is 84.4 Å². The van der Waals surface area contributed by atoms with Gasteiger partial charge in [-0.25, -0.2) is 0 Å². The molecule has 0 amide bonds. The Morgan fingerprint density at radius 1 is 0.814 bits per heavy atom. The van der Waals surface area contributed by atoms with Crippen molar-refractivity contribution >= 4 is 21.0 Å². The van der Waals surface area contributed by atoms with Crippen LogP contribution in [-0.2, 0) is 36.3 Å². The predicted molar refractivity (Wildman–Crippen MR) is 137 cm³/mol. The molecule has 3 aromatic carbocycles.